The van der Waals surface area contributed by atoms with Crippen molar-refractivity contribution in [3.05, 3.63) is 39.5 Å². The number of hydrogen-bond acceptors (Lipinski definition) is 3. The van der Waals surface area contributed by atoms with E-state index in [4.69, 9.17) is 0 Å². The third kappa shape index (κ3) is 0.907. The Bertz CT molecular complexity index is 302. The summed E-state index contributed by atoms with van der Waals surface area (Å²) in [5.74, 6) is 0. The van der Waals surface area contributed by atoms with Gasteiger partial charge in [0, 0.05) is 6.07 Å². The van der Waals surface area contributed by atoms with Gasteiger partial charge in [0.2, 0.25) is 5.56 Å². The Morgan fingerprint density at radius 1 is 1.50 bits per heavy atom. The minimum atomic E-state index is -0.718. The lowest BCUT2D eigenvalue weighted by atomic mass is 10.4. The first-order chi connectivity index (χ1) is 4.75. The van der Waals surface area contributed by atoms with Crippen molar-refractivity contribution in [2.45, 2.75) is 0 Å². The first-order valence-corrected chi connectivity index (χ1v) is 2.60. The zero-order chi connectivity index (χ0) is 7.56. The van der Waals surface area contributed by atoms with Crippen molar-refractivity contribution in [1.29, 1.82) is 0 Å². The summed E-state index contributed by atoms with van der Waals surface area (Å²) in [4.78, 5) is 20.5. The van der Waals surface area contributed by atoms with E-state index in [2.05, 4.69) is 0 Å². The Morgan fingerprint density at radius 3 is 2.70 bits per heavy atom. The molecule has 1 aromatic rings. The van der Waals surface area contributed by atoms with Crippen LogP contribution in [0.3, 0.4) is 0 Å². The molecule has 0 saturated carbocycles. The van der Waals surface area contributed by atoms with Crippen molar-refractivity contribution in [3.63, 3.8) is 0 Å². The zero-order valence-electron chi connectivity index (χ0n) is 4.98. The van der Waals surface area contributed by atoms with Crippen LogP contribution >= 0.6 is 0 Å². The van der Waals surface area contributed by atoms with Crippen molar-refractivity contribution in [2.75, 3.05) is 0 Å². The first kappa shape index (κ1) is 6.54. The average molecular weight is 138 g/mol. The van der Waals surface area contributed by atoms with Crippen molar-refractivity contribution in [1.82, 2.24) is 4.73 Å². The molecule has 10 heavy (non-hydrogen) atoms. The Morgan fingerprint density at radius 2 is 2.20 bits per heavy atom. The van der Waals surface area contributed by atoms with Gasteiger partial charge in [-0.2, -0.15) is 0 Å². The highest BCUT2D eigenvalue weighted by atomic mass is 16.5. The minimum absolute atomic E-state index is 0.0486. The molecule has 1 aromatic heterocycles. The molecule has 0 unspecified atom stereocenters. The largest absolute Gasteiger partial charge is 0.803 e. The Kier molecular flexibility index (Phi) is 1.53. The molecule has 1 heterocycles. The lowest BCUT2D eigenvalue weighted by molar-refractivity contribution is 0.111. The second-order valence-electron chi connectivity index (χ2n) is 1.70. The topological polar surface area (TPSA) is 62.1 Å². The SMILES string of the molecule is O=Cc1cccc(=O)n1[O-]. The summed E-state index contributed by atoms with van der Waals surface area (Å²) in [7, 11) is 0. The van der Waals surface area contributed by atoms with Crippen LogP contribution in [0.2, 0.25) is 0 Å². The van der Waals surface area contributed by atoms with Gasteiger partial charge in [0.15, 0.2) is 6.29 Å². The van der Waals surface area contributed by atoms with Gasteiger partial charge in [-0.1, -0.05) is 6.07 Å². The standard InChI is InChI=1S/C6H4NO3/c8-4-5-2-1-3-6(9)7(5)10/h1-4H/q-1. The molecule has 0 N–H and O–H groups in total. The summed E-state index contributed by atoms with van der Waals surface area (Å²) in [6.45, 7) is 0. The van der Waals surface area contributed by atoms with Crippen molar-refractivity contribution >= 4 is 6.29 Å². The summed E-state index contributed by atoms with van der Waals surface area (Å²) < 4.78 is 0.0486. The third-order valence-electron chi connectivity index (χ3n) is 1.06. The van der Waals surface area contributed by atoms with E-state index in [0.717, 1.165) is 6.07 Å². The van der Waals surface area contributed by atoms with Crippen molar-refractivity contribution in [2.24, 2.45) is 0 Å². The van der Waals surface area contributed by atoms with Gasteiger partial charge in [-0.3, -0.25) is 9.59 Å². The molecule has 0 atom stereocenters. The summed E-state index contributed by atoms with van der Waals surface area (Å²) in [6, 6.07) is 3.74. The van der Waals surface area contributed by atoms with E-state index in [9.17, 15) is 14.8 Å². The quantitative estimate of drug-likeness (QED) is 0.513. The number of carbonyl (C=O) groups excluding carboxylic acids is 1. The minimum Gasteiger partial charge on any atom is -0.803 e. The molecule has 0 aliphatic carbocycles. The third-order valence-corrected chi connectivity index (χ3v) is 1.06. The number of rotatable bonds is 1. The predicted molar refractivity (Wildman–Crippen MR) is 34.9 cm³/mol. The van der Waals surface area contributed by atoms with E-state index in [0.29, 0.717) is 6.29 Å². The lowest BCUT2D eigenvalue weighted by Gasteiger charge is -2.09. The van der Waals surface area contributed by atoms with Gasteiger partial charge in [0.25, 0.3) is 0 Å². The molecule has 0 bridgehead atoms. The Labute approximate surface area is 56.3 Å². The highest BCUT2D eigenvalue weighted by Gasteiger charge is 1.90. The van der Waals surface area contributed by atoms with E-state index < -0.39 is 5.56 Å². The van der Waals surface area contributed by atoms with Crippen LogP contribution in [-0.4, -0.2) is 11.0 Å². The molecule has 52 valence electrons. The molecule has 4 heteroatoms. The van der Waals surface area contributed by atoms with E-state index in [1.165, 1.54) is 12.1 Å². The predicted octanol–water partition coefficient (Wildman–Crippen LogP) is 0.00670. The lowest BCUT2D eigenvalue weighted by Crippen LogP contribution is -2.16. The number of nitrogens with zero attached hydrogens (tertiary/aromatic N) is 1. The van der Waals surface area contributed by atoms with Crippen LogP contribution in [0.4, 0.5) is 0 Å². The van der Waals surface area contributed by atoms with Crippen LogP contribution in [-0.2, 0) is 0 Å². The van der Waals surface area contributed by atoms with E-state index in [1.807, 2.05) is 0 Å². The van der Waals surface area contributed by atoms with Gasteiger partial charge < -0.3 is 9.94 Å². The molecule has 0 aromatic carbocycles. The molecule has 4 nitrogen and oxygen atoms in total. The maximum absolute atomic E-state index is 10.6. The molecule has 0 aliphatic heterocycles. The highest BCUT2D eigenvalue weighted by molar-refractivity contribution is 5.72. The number of carbonyl (C=O) groups is 1. The van der Waals surface area contributed by atoms with Gasteiger partial charge in [-0.15, -0.1) is 0 Å². The summed E-state index contributed by atoms with van der Waals surface area (Å²) in [6.07, 6.45) is 0.342. The van der Waals surface area contributed by atoms with Crippen molar-refractivity contribution < 1.29 is 4.79 Å². The maximum atomic E-state index is 10.6. The van der Waals surface area contributed by atoms with E-state index >= 15 is 0 Å². The average Bonchev–Trinajstić information content (AvgIpc) is 1.95. The van der Waals surface area contributed by atoms with Crippen LogP contribution in [0, 0.1) is 5.21 Å². The van der Waals surface area contributed by atoms with Gasteiger partial charge >= 0.3 is 0 Å². The van der Waals surface area contributed by atoms with Gasteiger partial charge in [0.1, 0.15) is 0 Å². The Balaban J connectivity index is 3.41. The fourth-order valence-electron chi connectivity index (χ4n) is 0.579. The molecule has 0 spiro atoms. The molecule has 0 amide bonds. The van der Waals surface area contributed by atoms with E-state index in [-0.39, 0.29) is 10.4 Å². The molecule has 0 fully saturated rings. The normalized spacial score (nSPS) is 9.20. The second kappa shape index (κ2) is 2.34. The fraction of sp³-hybridized carbons (Fsp3) is 0. The monoisotopic (exact) mass is 138 g/mol. The molecular weight excluding hydrogens is 134 g/mol. The molecule has 0 saturated heterocycles. The van der Waals surface area contributed by atoms with E-state index in [1.54, 1.807) is 0 Å². The zero-order valence-corrected chi connectivity index (χ0v) is 4.98. The van der Waals surface area contributed by atoms with Crippen LogP contribution < -0.4 is 5.56 Å². The summed E-state index contributed by atoms with van der Waals surface area (Å²) in [5, 5.41) is 10.6. The Hall–Kier alpha value is -1.58. The number of aldehydes is 1. The molecular formula is C6H4NO3-. The summed E-state index contributed by atoms with van der Waals surface area (Å²) >= 11 is 0. The van der Waals surface area contributed by atoms with Gasteiger partial charge in [0.05, 0.1) is 5.69 Å². The molecule has 0 radical (unpaired) electrons. The molecule has 1 rings (SSSR count). The van der Waals surface area contributed by atoms with Crippen molar-refractivity contribution in [3.8, 4) is 0 Å². The maximum Gasteiger partial charge on any atom is 0.246 e. The summed E-state index contributed by atoms with van der Waals surface area (Å²) in [5.41, 5.74) is -0.878. The van der Waals surface area contributed by atoms with Gasteiger partial charge in [-0.25, -0.2) is 0 Å². The highest BCUT2D eigenvalue weighted by Crippen LogP contribution is 1.87. The van der Waals surface area contributed by atoms with Crippen LogP contribution in [0.15, 0.2) is 23.0 Å². The number of aromatic nitrogens is 1. The van der Waals surface area contributed by atoms with Crippen LogP contribution in [0.5, 0.6) is 0 Å². The van der Waals surface area contributed by atoms with Crippen LogP contribution in [0.1, 0.15) is 10.5 Å². The second-order valence-corrected chi connectivity index (χ2v) is 1.70. The smallest absolute Gasteiger partial charge is 0.246 e. The van der Waals surface area contributed by atoms with Gasteiger partial charge in [-0.05, 0) is 6.07 Å². The first-order valence-electron chi connectivity index (χ1n) is 2.60. The van der Waals surface area contributed by atoms with Crippen LogP contribution in [0.25, 0.3) is 0 Å². The number of pyridine rings is 1. The number of hydrogen-bond donors (Lipinski definition) is 0. The fourth-order valence-corrected chi connectivity index (χ4v) is 0.579. The molecule has 0 aliphatic rings.